The maximum Gasteiger partial charge on any atom is 0.244 e. The molecule has 1 atom stereocenters. The largest absolute Gasteiger partial charge is 0.376 e. The fraction of sp³-hybridized carbons (Fsp3) is 0.600. The van der Waals surface area contributed by atoms with E-state index in [1.165, 1.54) is 4.31 Å². The molecule has 0 aromatic carbocycles. The van der Waals surface area contributed by atoms with Gasteiger partial charge in [0.15, 0.2) is 5.65 Å². The van der Waals surface area contributed by atoms with Crippen molar-refractivity contribution in [1.29, 1.82) is 0 Å². The molecule has 0 bridgehead atoms. The lowest BCUT2D eigenvalue weighted by atomic mass is 10.2. The molecule has 0 unspecified atom stereocenters. The van der Waals surface area contributed by atoms with Gasteiger partial charge in [0.1, 0.15) is 0 Å². The number of pyridine rings is 1. The average Bonchev–Trinajstić information content (AvgIpc) is 3.22. The van der Waals surface area contributed by atoms with Crippen LogP contribution < -0.4 is 5.32 Å². The number of aromatic nitrogens is 3. The van der Waals surface area contributed by atoms with Gasteiger partial charge in [0.2, 0.25) is 16.0 Å². The molecule has 0 amide bonds. The van der Waals surface area contributed by atoms with E-state index in [0.717, 1.165) is 19.4 Å². The molecule has 3 rings (SSSR count). The Labute approximate surface area is 141 Å². The second-order valence-corrected chi connectivity index (χ2v) is 7.66. The molecule has 0 aliphatic carbocycles. The number of ether oxygens (including phenoxy) is 1. The van der Waals surface area contributed by atoms with Crippen molar-refractivity contribution in [1.82, 2.24) is 18.9 Å². The monoisotopic (exact) mass is 353 g/mol. The molecule has 3 heterocycles. The molecule has 1 N–H and O–H groups in total. The molecule has 0 radical (unpaired) electrons. The number of nitrogens with one attached hydrogen (secondary N) is 1. The average molecular weight is 353 g/mol. The standard InChI is InChI=1S/C15H23N5O3S/c1-3-19(4-2)24(21,22)13-7-8-14-17-18-15(20(14)11-13)16-10-12-6-5-9-23-12/h7-8,11-12H,3-6,9-10H2,1-2H3,(H,16,18)/t12-/m1/s1. The lowest BCUT2D eigenvalue weighted by Crippen LogP contribution is -2.30. The topological polar surface area (TPSA) is 88.8 Å². The summed E-state index contributed by atoms with van der Waals surface area (Å²) in [6, 6.07) is 3.24. The molecule has 1 aliphatic rings. The van der Waals surface area contributed by atoms with E-state index in [1.807, 2.05) is 13.8 Å². The highest BCUT2D eigenvalue weighted by Crippen LogP contribution is 2.19. The minimum atomic E-state index is -3.51. The zero-order chi connectivity index (χ0) is 17.2. The first-order chi connectivity index (χ1) is 11.6. The molecular formula is C15H23N5O3S. The van der Waals surface area contributed by atoms with E-state index in [0.29, 0.717) is 31.2 Å². The van der Waals surface area contributed by atoms with Crippen LogP contribution >= 0.6 is 0 Å². The number of hydrogen-bond acceptors (Lipinski definition) is 6. The van der Waals surface area contributed by atoms with Crippen LogP contribution in [0.3, 0.4) is 0 Å². The first kappa shape index (κ1) is 17.1. The van der Waals surface area contributed by atoms with Crippen LogP contribution in [0.1, 0.15) is 26.7 Å². The van der Waals surface area contributed by atoms with Gasteiger partial charge in [-0.15, -0.1) is 10.2 Å². The van der Waals surface area contributed by atoms with Gasteiger partial charge < -0.3 is 10.1 Å². The minimum Gasteiger partial charge on any atom is -0.376 e. The van der Waals surface area contributed by atoms with Crippen LogP contribution in [0.5, 0.6) is 0 Å². The van der Waals surface area contributed by atoms with Crippen molar-refractivity contribution in [3.63, 3.8) is 0 Å². The Morgan fingerprint density at radius 3 is 2.79 bits per heavy atom. The van der Waals surface area contributed by atoms with E-state index >= 15 is 0 Å². The Hall–Kier alpha value is -1.71. The van der Waals surface area contributed by atoms with Gasteiger partial charge in [-0.25, -0.2) is 8.42 Å². The molecule has 1 saturated heterocycles. The van der Waals surface area contributed by atoms with E-state index in [9.17, 15) is 8.42 Å². The number of sulfonamides is 1. The van der Waals surface area contributed by atoms with Crippen molar-refractivity contribution < 1.29 is 13.2 Å². The normalized spacial score (nSPS) is 18.5. The van der Waals surface area contributed by atoms with Crippen molar-refractivity contribution in [3.8, 4) is 0 Å². The maximum atomic E-state index is 12.7. The first-order valence-electron chi connectivity index (χ1n) is 8.26. The Balaban J connectivity index is 1.87. The summed E-state index contributed by atoms with van der Waals surface area (Å²) < 4.78 is 34.0. The second kappa shape index (κ2) is 7.04. The second-order valence-electron chi connectivity index (χ2n) is 5.72. The molecular weight excluding hydrogens is 330 g/mol. The van der Waals surface area contributed by atoms with Crippen molar-refractivity contribution in [2.45, 2.75) is 37.7 Å². The van der Waals surface area contributed by atoms with Crippen LogP contribution in [0, 0.1) is 0 Å². The lowest BCUT2D eigenvalue weighted by molar-refractivity contribution is 0.120. The van der Waals surface area contributed by atoms with Gasteiger partial charge in [-0.05, 0) is 25.0 Å². The van der Waals surface area contributed by atoms with Crippen LogP contribution in [0.4, 0.5) is 5.95 Å². The summed E-state index contributed by atoms with van der Waals surface area (Å²) in [4.78, 5) is 0.235. The number of anilines is 1. The fourth-order valence-electron chi connectivity index (χ4n) is 2.87. The van der Waals surface area contributed by atoms with E-state index in [2.05, 4.69) is 15.5 Å². The molecule has 132 valence electrons. The third kappa shape index (κ3) is 3.24. The molecule has 8 nitrogen and oxygen atoms in total. The van der Waals surface area contributed by atoms with Gasteiger partial charge in [-0.1, -0.05) is 13.8 Å². The van der Waals surface area contributed by atoms with Crippen molar-refractivity contribution in [3.05, 3.63) is 18.3 Å². The molecule has 0 spiro atoms. The summed E-state index contributed by atoms with van der Waals surface area (Å²) in [5, 5.41) is 11.4. The smallest absolute Gasteiger partial charge is 0.244 e. The van der Waals surface area contributed by atoms with E-state index < -0.39 is 10.0 Å². The Morgan fingerprint density at radius 1 is 1.33 bits per heavy atom. The highest BCUT2D eigenvalue weighted by atomic mass is 32.2. The Bertz CT molecular complexity index is 795. The zero-order valence-electron chi connectivity index (χ0n) is 14.0. The van der Waals surface area contributed by atoms with Crippen molar-refractivity contribution in [2.24, 2.45) is 0 Å². The molecule has 2 aromatic rings. The van der Waals surface area contributed by atoms with Crippen LogP contribution in [-0.2, 0) is 14.8 Å². The van der Waals surface area contributed by atoms with Crippen molar-refractivity contribution in [2.75, 3.05) is 31.6 Å². The van der Waals surface area contributed by atoms with E-state index in [1.54, 1.807) is 22.7 Å². The van der Waals surface area contributed by atoms with Gasteiger partial charge in [0.05, 0.1) is 11.0 Å². The molecule has 1 aliphatic heterocycles. The quantitative estimate of drug-likeness (QED) is 0.808. The van der Waals surface area contributed by atoms with Gasteiger partial charge in [-0.2, -0.15) is 4.31 Å². The number of hydrogen-bond donors (Lipinski definition) is 1. The molecule has 24 heavy (non-hydrogen) atoms. The van der Waals surface area contributed by atoms with Gasteiger partial charge in [0, 0.05) is 32.4 Å². The van der Waals surface area contributed by atoms with Crippen LogP contribution in [0.15, 0.2) is 23.2 Å². The SMILES string of the molecule is CCN(CC)S(=O)(=O)c1ccc2nnc(NC[C@H]3CCCO3)n2c1. The van der Waals surface area contributed by atoms with Gasteiger partial charge in [0.25, 0.3) is 0 Å². The third-order valence-corrected chi connectivity index (χ3v) is 6.26. The molecule has 9 heteroatoms. The highest BCUT2D eigenvalue weighted by Gasteiger charge is 2.23. The maximum absolute atomic E-state index is 12.7. The summed E-state index contributed by atoms with van der Waals surface area (Å²) in [5.41, 5.74) is 0.600. The molecule has 1 fully saturated rings. The summed E-state index contributed by atoms with van der Waals surface area (Å²) in [6.07, 6.45) is 3.82. The first-order valence-corrected chi connectivity index (χ1v) is 9.70. The molecule has 2 aromatic heterocycles. The zero-order valence-corrected chi connectivity index (χ0v) is 14.8. The van der Waals surface area contributed by atoms with Crippen LogP contribution in [0.2, 0.25) is 0 Å². The number of rotatable bonds is 7. The number of nitrogens with zero attached hydrogens (tertiary/aromatic N) is 4. The lowest BCUT2D eigenvalue weighted by Gasteiger charge is -2.18. The molecule has 0 saturated carbocycles. The third-order valence-electron chi connectivity index (χ3n) is 4.23. The Morgan fingerprint density at radius 2 is 2.12 bits per heavy atom. The summed E-state index contributed by atoms with van der Waals surface area (Å²) in [6.45, 7) is 5.94. The van der Waals surface area contributed by atoms with Gasteiger partial charge >= 0.3 is 0 Å². The van der Waals surface area contributed by atoms with Crippen molar-refractivity contribution >= 4 is 21.6 Å². The van der Waals surface area contributed by atoms with E-state index in [4.69, 9.17) is 4.74 Å². The van der Waals surface area contributed by atoms with Crippen LogP contribution in [0.25, 0.3) is 5.65 Å². The number of fused-ring (bicyclic) bond motifs is 1. The predicted molar refractivity (Wildman–Crippen MR) is 90.6 cm³/mol. The van der Waals surface area contributed by atoms with E-state index in [-0.39, 0.29) is 11.0 Å². The summed E-state index contributed by atoms with van der Waals surface area (Å²) in [5.74, 6) is 0.525. The Kier molecular flexibility index (Phi) is 5.02. The summed E-state index contributed by atoms with van der Waals surface area (Å²) in [7, 11) is -3.51. The summed E-state index contributed by atoms with van der Waals surface area (Å²) >= 11 is 0. The van der Waals surface area contributed by atoms with Crippen LogP contribution in [-0.4, -0.2) is 59.7 Å². The highest BCUT2D eigenvalue weighted by molar-refractivity contribution is 7.89. The van der Waals surface area contributed by atoms with Gasteiger partial charge in [-0.3, -0.25) is 4.40 Å². The fourth-order valence-corrected chi connectivity index (χ4v) is 4.32. The minimum absolute atomic E-state index is 0.167. The predicted octanol–water partition coefficient (Wildman–Crippen LogP) is 1.35.